The summed E-state index contributed by atoms with van der Waals surface area (Å²) in [6, 6.07) is 19.3. The zero-order chi connectivity index (χ0) is 16.1. The van der Waals surface area contributed by atoms with Gasteiger partial charge in [0.05, 0.1) is 12.2 Å². The van der Waals surface area contributed by atoms with E-state index < -0.39 is 0 Å². The van der Waals surface area contributed by atoms with Gasteiger partial charge in [-0.3, -0.25) is 0 Å². The lowest BCUT2D eigenvalue weighted by Crippen LogP contribution is -2.00. The van der Waals surface area contributed by atoms with Gasteiger partial charge in [-0.1, -0.05) is 73.7 Å². The van der Waals surface area contributed by atoms with Crippen molar-refractivity contribution in [2.45, 2.75) is 39.2 Å². The smallest absolute Gasteiger partial charge is 0.0833 e. The molecule has 3 rings (SSSR count). The van der Waals surface area contributed by atoms with Gasteiger partial charge in [0.25, 0.3) is 0 Å². The molecule has 1 atom stereocenters. The van der Waals surface area contributed by atoms with E-state index in [-0.39, 0.29) is 0 Å². The van der Waals surface area contributed by atoms with Gasteiger partial charge < -0.3 is 0 Å². The van der Waals surface area contributed by atoms with Gasteiger partial charge in [0.2, 0.25) is 0 Å². The molecular formula is C20H23N3. The van der Waals surface area contributed by atoms with E-state index in [9.17, 15) is 0 Å². The van der Waals surface area contributed by atoms with Crippen molar-refractivity contribution in [2.24, 2.45) is 0 Å². The quantitative estimate of drug-likeness (QED) is 0.682. The van der Waals surface area contributed by atoms with Crippen molar-refractivity contribution in [3.63, 3.8) is 0 Å². The van der Waals surface area contributed by atoms with E-state index in [1.165, 1.54) is 16.7 Å². The monoisotopic (exact) mass is 305 g/mol. The van der Waals surface area contributed by atoms with Crippen LogP contribution >= 0.6 is 0 Å². The third kappa shape index (κ3) is 4.07. The lowest BCUT2D eigenvalue weighted by molar-refractivity contribution is 0.648. The predicted molar refractivity (Wildman–Crippen MR) is 93.5 cm³/mol. The van der Waals surface area contributed by atoms with E-state index in [0.29, 0.717) is 5.92 Å². The second-order valence-corrected chi connectivity index (χ2v) is 6.09. The molecular weight excluding hydrogens is 282 g/mol. The molecule has 0 fully saturated rings. The van der Waals surface area contributed by atoms with E-state index in [4.69, 9.17) is 0 Å². The number of nitrogens with zero attached hydrogens (tertiary/aromatic N) is 3. The Balaban J connectivity index is 1.63. The number of hydrogen-bond acceptors (Lipinski definition) is 2. The third-order valence-corrected chi connectivity index (χ3v) is 4.25. The van der Waals surface area contributed by atoms with Crippen molar-refractivity contribution < 1.29 is 0 Å². The maximum Gasteiger partial charge on any atom is 0.0833 e. The standard InChI is InChI=1S/C20H23N3/c1-3-17-9-11-19(12-10-17)16(2)13-20-15-23(22-21-20)14-18-7-5-4-6-8-18/h4-12,15-16H,3,13-14H2,1-2H3. The topological polar surface area (TPSA) is 30.7 Å². The molecule has 2 aromatic carbocycles. The summed E-state index contributed by atoms with van der Waals surface area (Å²) in [6.45, 7) is 5.20. The molecule has 0 amide bonds. The van der Waals surface area contributed by atoms with Crippen LogP contribution in [0.3, 0.4) is 0 Å². The summed E-state index contributed by atoms with van der Waals surface area (Å²) in [4.78, 5) is 0. The minimum Gasteiger partial charge on any atom is -0.248 e. The second-order valence-electron chi connectivity index (χ2n) is 6.09. The van der Waals surface area contributed by atoms with Crippen LogP contribution in [0, 0.1) is 0 Å². The highest BCUT2D eigenvalue weighted by Gasteiger charge is 2.10. The molecule has 1 unspecified atom stereocenters. The molecule has 0 spiro atoms. The molecule has 23 heavy (non-hydrogen) atoms. The zero-order valence-corrected chi connectivity index (χ0v) is 13.8. The first-order valence-electron chi connectivity index (χ1n) is 8.26. The van der Waals surface area contributed by atoms with Crippen LogP contribution in [0.2, 0.25) is 0 Å². The first kappa shape index (κ1) is 15.5. The summed E-state index contributed by atoms with van der Waals surface area (Å²) in [5, 5.41) is 8.58. The molecule has 0 aliphatic carbocycles. The van der Waals surface area contributed by atoms with Gasteiger partial charge in [-0.15, -0.1) is 5.10 Å². The van der Waals surface area contributed by atoms with E-state index in [1.807, 2.05) is 10.7 Å². The Labute approximate surface area is 138 Å². The molecule has 3 aromatic rings. The SMILES string of the molecule is CCc1ccc(C(C)Cc2cn(Cc3ccccc3)nn2)cc1. The fourth-order valence-corrected chi connectivity index (χ4v) is 2.79. The van der Waals surface area contributed by atoms with Crippen LogP contribution in [0.15, 0.2) is 60.8 Å². The number of aryl methyl sites for hydroxylation is 1. The van der Waals surface area contributed by atoms with Crippen molar-refractivity contribution in [1.29, 1.82) is 0 Å². The summed E-state index contributed by atoms with van der Waals surface area (Å²) < 4.78 is 1.91. The molecule has 3 heteroatoms. The van der Waals surface area contributed by atoms with Gasteiger partial charge in [0.1, 0.15) is 0 Å². The Hall–Kier alpha value is -2.42. The predicted octanol–water partition coefficient (Wildman–Crippen LogP) is 4.24. The Bertz CT molecular complexity index is 729. The van der Waals surface area contributed by atoms with Crippen LogP contribution in [0.25, 0.3) is 0 Å². The van der Waals surface area contributed by atoms with E-state index in [2.05, 4.69) is 78.9 Å². The Kier molecular flexibility index (Phi) is 4.86. The van der Waals surface area contributed by atoms with Gasteiger partial charge in [0.15, 0.2) is 0 Å². The molecule has 0 aliphatic rings. The highest BCUT2D eigenvalue weighted by molar-refractivity contribution is 5.26. The van der Waals surface area contributed by atoms with E-state index >= 15 is 0 Å². The fraction of sp³-hybridized carbons (Fsp3) is 0.300. The Morgan fingerprint density at radius 1 is 0.957 bits per heavy atom. The summed E-state index contributed by atoms with van der Waals surface area (Å²) in [5.74, 6) is 0.447. The Morgan fingerprint density at radius 2 is 1.70 bits per heavy atom. The summed E-state index contributed by atoms with van der Waals surface area (Å²) in [5.41, 5.74) is 5.04. The highest BCUT2D eigenvalue weighted by Crippen LogP contribution is 2.20. The molecule has 0 saturated carbocycles. The van der Waals surface area contributed by atoms with Crippen LogP contribution in [0.1, 0.15) is 42.1 Å². The van der Waals surface area contributed by atoms with Gasteiger partial charge in [-0.05, 0) is 35.4 Å². The Morgan fingerprint density at radius 3 is 2.39 bits per heavy atom. The van der Waals surface area contributed by atoms with Crippen molar-refractivity contribution in [3.05, 3.63) is 83.2 Å². The molecule has 3 nitrogen and oxygen atoms in total. The number of hydrogen-bond donors (Lipinski definition) is 0. The summed E-state index contributed by atoms with van der Waals surface area (Å²) in [7, 11) is 0. The average Bonchev–Trinajstić information content (AvgIpc) is 3.02. The molecule has 0 bridgehead atoms. The van der Waals surface area contributed by atoms with Crippen molar-refractivity contribution in [1.82, 2.24) is 15.0 Å². The van der Waals surface area contributed by atoms with Crippen LogP contribution in [-0.2, 0) is 19.4 Å². The van der Waals surface area contributed by atoms with Gasteiger partial charge in [-0.25, -0.2) is 4.68 Å². The lowest BCUT2D eigenvalue weighted by Gasteiger charge is -2.10. The van der Waals surface area contributed by atoms with Gasteiger partial charge in [0, 0.05) is 6.20 Å². The van der Waals surface area contributed by atoms with E-state index in [1.54, 1.807) is 0 Å². The van der Waals surface area contributed by atoms with Crippen molar-refractivity contribution in [2.75, 3.05) is 0 Å². The third-order valence-electron chi connectivity index (χ3n) is 4.25. The first-order valence-corrected chi connectivity index (χ1v) is 8.26. The molecule has 118 valence electrons. The molecule has 1 aromatic heterocycles. The van der Waals surface area contributed by atoms with Crippen molar-refractivity contribution >= 4 is 0 Å². The minimum absolute atomic E-state index is 0.447. The van der Waals surface area contributed by atoms with Crippen LogP contribution in [0.5, 0.6) is 0 Å². The van der Waals surface area contributed by atoms with Crippen molar-refractivity contribution in [3.8, 4) is 0 Å². The zero-order valence-electron chi connectivity index (χ0n) is 13.8. The maximum absolute atomic E-state index is 4.32. The average molecular weight is 305 g/mol. The second kappa shape index (κ2) is 7.23. The summed E-state index contributed by atoms with van der Waals surface area (Å²) in [6.07, 6.45) is 4.06. The number of rotatable bonds is 6. The summed E-state index contributed by atoms with van der Waals surface area (Å²) >= 11 is 0. The minimum atomic E-state index is 0.447. The van der Waals surface area contributed by atoms with E-state index in [0.717, 1.165) is 25.1 Å². The highest BCUT2D eigenvalue weighted by atomic mass is 15.4. The fourth-order valence-electron chi connectivity index (χ4n) is 2.79. The lowest BCUT2D eigenvalue weighted by atomic mass is 9.95. The number of aromatic nitrogens is 3. The van der Waals surface area contributed by atoms with Gasteiger partial charge in [-0.2, -0.15) is 0 Å². The molecule has 1 heterocycles. The van der Waals surface area contributed by atoms with Crippen LogP contribution in [0.4, 0.5) is 0 Å². The molecule has 0 aliphatic heterocycles. The van der Waals surface area contributed by atoms with Crippen LogP contribution < -0.4 is 0 Å². The molecule has 0 saturated heterocycles. The van der Waals surface area contributed by atoms with Crippen LogP contribution in [-0.4, -0.2) is 15.0 Å². The van der Waals surface area contributed by atoms with Gasteiger partial charge >= 0.3 is 0 Å². The first-order chi connectivity index (χ1) is 11.2. The maximum atomic E-state index is 4.32. The number of benzene rings is 2. The largest absolute Gasteiger partial charge is 0.248 e. The normalized spacial score (nSPS) is 12.3. The molecule has 0 radical (unpaired) electrons. The molecule has 0 N–H and O–H groups in total.